The maximum absolute atomic E-state index is 11.9. The fourth-order valence-corrected chi connectivity index (χ4v) is 3.50. The van der Waals surface area contributed by atoms with Crippen molar-refractivity contribution >= 4 is 17.6 Å². The predicted molar refractivity (Wildman–Crippen MR) is 122 cm³/mol. The molecule has 0 radical (unpaired) electrons. The van der Waals surface area contributed by atoms with Crippen molar-refractivity contribution in [3.63, 3.8) is 0 Å². The molecule has 0 bridgehead atoms. The van der Waals surface area contributed by atoms with E-state index in [2.05, 4.69) is 47.0 Å². The molecule has 0 aliphatic heterocycles. The molecule has 5 heteroatoms. The lowest BCUT2D eigenvalue weighted by Crippen LogP contribution is -2.28. The average molecular weight is 402 g/mol. The van der Waals surface area contributed by atoms with Crippen LogP contribution in [-0.4, -0.2) is 18.5 Å². The number of amides is 3. The van der Waals surface area contributed by atoms with Crippen molar-refractivity contribution in [3.8, 4) is 22.3 Å². The molecule has 5 nitrogen and oxygen atoms in total. The first-order chi connectivity index (χ1) is 14.5. The summed E-state index contributed by atoms with van der Waals surface area (Å²) in [6.07, 6.45) is 0.833. The Labute approximate surface area is 177 Å². The second-order valence-electron chi connectivity index (χ2n) is 7.28. The monoisotopic (exact) mass is 401 g/mol. The van der Waals surface area contributed by atoms with Gasteiger partial charge in [-0.15, -0.1) is 0 Å². The van der Waals surface area contributed by atoms with Crippen molar-refractivity contribution in [2.75, 3.05) is 11.9 Å². The summed E-state index contributed by atoms with van der Waals surface area (Å²) in [6, 6.07) is 22.1. The Morgan fingerprint density at radius 2 is 1.67 bits per heavy atom. The molecule has 0 heterocycles. The summed E-state index contributed by atoms with van der Waals surface area (Å²) in [5.74, 6) is -0.325. The van der Waals surface area contributed by atoms with Crippen molar-refractivity contribution < 1.29 is 9.59 Å². The lowest BCUT2D eigenvalue weighted by molar-refractivity contribution is -0.117. The van der Waals surface area contributed by atoms with Crippen LogP contribution in [0.5, 0.6) is 0 Å². The van der Waals surface area contributed by atoms with E-state index in [1.54, 1.807) is 0 Å². The molecular formula is C25H27N3O2. The topological polar surface area (TPSA) is 84.2 Å². The Morgan fingerprint density at radius 3 is 2.37 bits per heavy atom. The van der Waals surface area contributed by atoms with Gasteiger partial charge in [0.25, 0.3) is 0 Å². The minimum Gasteiger partial charge on any atom is -0.370 e. The lowest BCUT2D eigenvalue weighted by Gasteiger charge is -2.15. The average Bonchev–Trinajstić information content (AvgIpc) is 2.72. The number of urea groups is 1. The van der Waals surface area contributed by atoms with E-state index < -0.39 is 0 Å². The van der Waals surface area contributed by atoms with Crippen molar-refractivity contribution in [3.05, 3.63) is 77.9 Å². The van der Waals surface area contributed by atoms with E-state index in [9.17, 15) is 9.59 Å². The second kappa shape index (κ2) is 9.74. The van der Waals surface area contributed by atoms with Gasteiger partial charge in [-0.25, -0.2) is 4.79 Å². The molecule has 154 valence electrons. The van der Waals surface area contributed by atoms with Crippen molar-refractivity contribution in [1.82, 2.24) is 5.32 Å². The number of benzene rings is 3. The second-order valence-corrected chi connectivity index (χ2v) is 7.28. The van der Waals surface area contributed by atoms with E-state index in [-0.39, 0.29) is 18.4 Å². The number of anilines is 1. The fourth-order valence-electron chi connectivity index (χ4n) is 3.50. The number of hydrogen-bond acceptors (Lipinski definition) is 2. The van der Waals surface area contributed by atoms with Crippen LogP contribution < -0.4 is 16.4 Å². The van der Waals surface area contributed by atoms with Crippen LogP contribution in [0.3, 0.4) is 0 Å². The van der Waals surface area contributed by atoms with Gasteiger partial charge in [0, 0.05) is 18.7 Å². The molecular weight excluding hydrogens is 374 g/mol. The molecule has 0 unspecified atom stereocenters. The van der Waals surface area contributed by atoms with Crippen molar-refractivity contribution in [2.24, 2.45) is 5.73 Å². The van der Waals surface area contributed by atoms with Gasteiger partial charge in [0.15, 0.2) is 0 Å². The van der Waals surface area contributed by atoms with Gasteiger partial charge in [-0.05, 0) is 65.8 Å². The predicted octanol–water partition coefficient (Wildman–Crippen LogP) is 4.89. The van der Waals surface area contributed by atoms with E-state index >= 15 is 0 Å². The minimum absolute atomic E-state index is 0.234. The first-order valence-corrected chi connectivity index (χ1v) is 10.1. The van der Waals surface area contributed by atoms with Crippen LogP contribution >= 0.6 is 0 Å². The van der Waals surface area contributed by atoms with Gasteiger partial charge in [0.2, 0.25) is 5.91 Å². The third-order valence-corrected chi connectivity index (χ3v) is 4.84. The molecule has 0 saturated carbocycles. The smallest absolute Gasteiger partial charge is 0.319 e. The number of hydrogen-bond donors (Lipinski definition) is 3. The summed E-state index contributed by atoms with van der Waals surface area (Å²) < 4.78 is 0. The number of carbonyl (C=O) groups excluding carboxylic acids is 2. The maximum Gasteiger partial charge on any atom is 0.319 e. The summed E-state index contributed by atoms with van der Waals surface area (Å²) in [5.41, 5.74) is 12.4. The Morgan fingerprint density at radius 1 is 0.900 bits per heavy atom. The highest BCUT2D eigenvalue weighted by Gasteiger charge is 2.11. The lowest BCUT2D eigenvalue weighted by atomic mass is 9.91. The molecule has 0 aliphatic carbocycles. The molecule has 0 saturated heterocycles. The SMILES string of the molecule is CCNC(=O)Nc1cc(C)cc(-c2ccc(-c3ccccc3)cc2CCC(N)=O)c1. The van der Waals surface area contributed by atoms with Gasteiger partial charge in [-0.2, -0.15) is 0 Å². The zero-order valence-corrected chi connectivity index (χ0v) is 17.4. The number of nitrogens with one attached hydrogen (secondary N) is 2. The number of rotatable bonds is 7. The number of carbonyl (C=O) groups is 2. The molecule has 30 heavy (non-hydrogen) atoms. The quantitative estimate of drug-likeness (QED) is 0.527. The van der Waals surface area contributed by atoms with E-state index in [0.29, 0.717) is 13.0 Å². The van der Waals surface area contributed by atoms with Gasteiger partial charge >= 0.3 is 6.03 Å². The van der Waals surface area contributed by atoms with E-state index in [4.69, 9.17) is 5.73 Å². The standard InChI is InChI=1S/C25H27N3O2/c1-3-27-25(30)28-22-14-17(2)13-21(16-22)23-11-9-19(18-7-5-4-6-8-18)15-20(23)10-12-24(26)29/h4-9,11,13-16H,3,10,12H2,1-2H3,(H2,26,29)(H2,27,28,30). The zero-order valence-electron chi connectivity index (χ0n) is 17.4. The largest absolute Gasteiger partial charge is 0.370 e. The molecule has 3 aromatic rings. The summed E-state index contributed by atoms with van der Waals surface area (Å²) >= 11 is 0. The first kappa shape index (κ1) is 21.1. The Balaban J connectivity index is 2.02. The Bertz CT molecular complexity index is 1050. The fraction of sp³-hybridized carbons (Fsp3) is 0.200. The molecule has 0 aromatic heterocycles. The molecule has 3 amide bonds. The molecule has 0 spiro atoms. The van der Waals surface area contributed by atoms with Crippen LogP contribution in [-0.2, 0) is 11.2 Å². The third kappa shape index (κ3) is 5.47. The number of nitrogens with two attached hydrogens (primary N) is 1. The van der Waals surface area contributed by atoms with Crippen LogP contribution in [0.1, 0.15) is 24.5 Å². The van der Waals surface area contributed by atoms with Gasteiger partial charge in [0.1, 0.15) is 0 Å². The molecule has 3 aromatic carbocycles. The summed E-state index contributed by atoms with van der Waals surface area (Å²) in [6.45, 7) is 4.43. The molecule has 4 N–H and O–H groups in total. The minimum atomic E-state index is -0.325. The van der Waals surface area contributed by atoms with Crippen LogP contribution in [0.4, 0.5) is 10.5 Å². The van der Waals surface area contributed by atoms with Gasteiger partial charge in [-0.1, -0.05) is 54.6 Å². The Kier molecular flexibility index (Phi) is 6.86. The van der Waals surface area contributed by atoms with Crippen molar-refractivity contribution in [1.29, 1.82) is 0 Å². The number of primary amides is 1. The summed E-state index contributed by atoms with van der Waals surface area (Å²) in [4.78, 5) is 23.4. The highest BCUT2D eigenvalue weighted by Crippen LogP contribution is 2.32. The van der Waals surface area contributed by atoms with E-state index in [0.717, 1.165) is 39.1 Å². The maximum atomic E-state index is 11.9. The molecule has 0 aliphatic rings. The summed E-state index contributed by atoms with van der Waals surface area (Å²) in [5, 5.41) is 5.62. The highest BCUT2D eigenvalue weighted by molar-refractivity contribution is 5.90. The van der Waals surface area contributed by atoms with E-state index in [1.165, 1.54) is 0 Å². The van der Waals surface area contributed by atoms with Gasteiger partial charge in [-0.3, -0.25) is 4.79 Å². The first-order valence-electron chi connectivity index (χ1n) is 10.1. The Hall–Kier alpha value is -3.60. The van der Waals surface area contributed by atoms with Crippen molar-refractivity contribution in [2.45, 2.75) is 26.7 Å². The van der Waals surface area contributed by atoms with Crippen LogP contribution in [0.25, 0.3) is 22.3 Å². The third-order valence-electron chi connectivity index (χ3n) is 4.84. The van der Waals surface area contributed by atoms with E-state index in [1.807, 2.05) is 44.2 Å². The van der Waals surface area contributed by atoms with Gasteiger partial charge < -0.3 is 16.4 Å². The van der Waals surface area contributed by atoms with Crippen LogP contribution in [0.2, 0.25) is 0 Å². The molecule has 3 rings (SSSR count). The number of aryl methyl sites for hydroxylation is 2. The summed E-state index contributed by atoms with van der Waals surface area (Å²) in [7, 11) is 0. The normalized spacial score (nSPS) is 10.5. The van der Waals surface area contributed by atoms with Crippen LogP contribution in [0.15, 0.2) is 66.7 Å². The van der Waals surface area contributed by atoms with Crippen LogP contribution in [0, 0.1) is 6.92 Å². The zero-order chi connectivity index (χ0) is 21.5. The highest BCUT2D eigenvalue weighted by atomic mass is 16.2. The molecule has 0 fully saturated rings. The van der Waals surface area contributed by atoms with Gasteiger partial charge in [0.05, 0.1) is 0 Å². The molecule has 0 atom stereocenters.